The molecule has 0 spiro atoms. The van der Waals surface area contributed by atoms with E-state index in [9.17, 15) is 27.7 Å². The van der Waals surface area contributed by atoms with E-state index in [0.29, 0.717) is 32.5 Å². The van der Waals surface area contributed by atoms with Crippen LogP contribution in [0, 0.1) is 111 Å². The third kappa shape index (κ3) is 52.1. The SMILES string of the molecule is CCCCCc1cc(C)sc1C.Cc1cc(CCCCC(=O)[O-])c(C)s1.Cc1cc(CCCCN)c(C)s1.Cc1cc(CCCCO)c(C)s1.Cc1cc(CCCCOC=O)c(C)s1.Cc1cc(CCCCP(=O)(O)O)c(C)s1.Cc1cc(CCCCS(=O)(=O)O)c(C)s1.Cc1cc(CCCCS)c(C)s1.[Na+]. The number of thiol groups is 1. The van der Waals surface area contributed by atoms with Gasteiger partial charge in [0.15, 0.2) is 0 Å². The number of hydrogen-bond donors (Lipinski definition) is 6. The first-order valence-electron chi connectivity index (χ1n) is 37.7. The molecule has 0 aliphatic carbocycles. The molecule has 0 saturated heterocycles. The second-order valence-corrected chi connectivity index (χ2v) is 42.6. The number of rotatable bonds is 37. The summed E-state index contributed by atoms with van der Waals surface area (Å²) in [6.45, 7) is 38.8. The summed E-state index contributed by atoms with van der Waals surface area (Å²) in [4.78, 5) is 59.8. The van der Waals surface area contributed by atoms with Crippen LogP contribution in [0.3, 0.4) is 0 Å². The molecule has 0 fully saturated rings. The Morgan fingerprint density at radius 3 is 0.944 bits per heavy atom. The van der Waals surface area contributed by atoms with E-state index in [2.05, 4.69) is 184 Å². The standard InChI is InChI=1S/2C11H16O2S.C11H18S.C10H17NS.C10H17O3PS.C10H16O3S2.C10H16OS.C10H16S2.Na/c1-9-7-11(10(2)14-9)5-3-4-6-13-8-12;1-8-7-10(9(2)14-8)5-3-4-6-11(12)13;1-4-5-6-7-11-8-9(2)12-10(11)3;1-8-7-10(9(2)12-8)5-3-4-6-11;1-8-7-10(9(2)15-8)5-3-4-6-14(11,12)13;1-8-7-10(9(2)14-8)5-3-4-6-15(11,12)13;2*1-8-7-10(9(2)12-8)5-3-4-6-11;/h7-8H,3-6H2,1-2H3;7H,3-6H2,1-2H3,(H,12,13);8H,4-7H2,1-3H3;7H,3-6,11H2,1-2H3;7H,3-6H2,1-2H3,(H2,11,12,13);7H,3-6H2,1-2H3,(H,11,12,13);2*7,11H,3-6H2,1-2H3;/q;;;;;;;;+1/p-1. The minimum Gasteiger partial charge on any atom is -0.550 e. The number of aliphatic hydroxyl groups is 1. The van der Waals surface area contributed by atoms with E-state index in [0.717, 1.165) is 102 Å². The molecule has 0 unspecified atom stereocenters. The largest absolute Gasteiger partial charge is 1.00 e. The Kier molecular flexibility index (Phi) is 59.2. The molecule has 0 saturated carbocycles. The van der Waals surface area contributed by atoms with Crippen LogP contribution in [0.2, 0.25) is 0 Å². The number of carboxylic acid groups (broad SMARTS) is 1. The van der Waals surface area contributed by atoms with Crippen LogP contribution in [0.5, 0.6) is 0 Å². The number of aliphatic carboxylic acids is 1. The van der Waals surface area contributed by atoms with Crippen molar-refractivity contribution in [3.8, 4) is 0 Å². The number of aliphatic hydroxyl groups excluding tert-OH is 1. The van der Waals surface area contributed by atoms with E-state index in [1.54, 1.807) is 45.1 Å². The third-order valence-corrected chi connectivity index (χ3v) is 27.2. The first-order valence-corrected chi connectivity index (χ1v) is 48.3. The predicted octanol–water partition coefficient (Wildman–Crippen LogP) is 20.2. The third-order valence-electron chi connectivity index (χ3n) is 17.2. The molecule has 600 valence electrons. The molecule has 24 heteroatoms. The van der Waals surface area contributed by atoms with Crippen LogP contribution < -0.4 is 40.4 Å². The van der Waals surface area contributed by atoms with Gasteiger partial charge in [-0.1, -0.05) is 19.8 Å². The molecular formula is C83H131NNaO11PS10. The number of carbonyl (C=O) groups is 2. The number of thiophene rings is 8. The van der Waals surface area contributed by atoms with Gasteiger partial charge in [-0.15, -0.1) is 90.7 Å². The molecule has 0 atom stereocenters. The quantitative estimate of drug-likeness (QED) is 0.00534. The molecule has 107 heavy (non-hydrogen) atoms. The van der Waals surface area contributed by atoms with E-state index in [1.807, 2.05) is 56.7 Å². The molecule has 8 heterocycles. The van der Waals surface area contributed by atoms with Crippen molar-refractivity contribution in [1.82, 2.24) is 0 Å². The Morgan fingerprint density at radius 2 is 0.710 bits per heavy atom. The second-order valence-electron chi connectivity index (χ2n) is 27.2. The molecule has 0 aliphatic rings. The van der Waals surface area contributed by atoms with E-state index < -0.39 is 23.7 Å². The average molecular weight is 1690 g/mol. The maximum Gasteiger partial charge on any atom is 1.00 e. The van der Waals surface area contributed by atoms with Crippen LogP contribution in [0.15, 0.2) is 48.5 Å². The molecule has 8 rings (SSSR count). The van der Waals surface area contributed by atoms with Gasteiger partial charge in [0, 0.05) is 96.8 Å². The van der Waals surface area contributed by atoms with Gasteiger partial charge in [0.25, 0.3) is 16.6 Å². The normalized spacial score (nSPS) is 10.8. The first-order chi connectivity index (χ1) is 50.0. The molecular weight excluding hydrogens is 1560 g/mol. The average Bonchev–Trinajstić information content (AvgIpc) is 1.80. The number of carbonyl (C=O) groups excluding carboxylic acids is 2. The minimum absolute atomic E-state index is 0. The van der Waals surface area contributed by atoms with Crippen LogP contribution in [0.25, 0.3) is 0 Å². The smallest absolute Gasteiger partial charge is 0.550 e. The Balaban J connectivity index is 0.00000120. The summed E-state index contributed by atoms with van der Waals surface area (Å²) < 4.78 is 44.7. The van der Waals surface area contributed by atoms with Crippen molar-refractivity contribution in [2.75, 3.05) is 37.4 Å². The number of unbranched alkanes of at least 4 members (excludes halogenated alkanes) is 9. The maximum absolute atomic E-state index is 10.6. The summed E-state index contributed by atoms with van der Waals surface area (Å²) >= 11 is 19.0. The van der Waals surface area contributed by atoms with Crippen molar-refractivity contribution >= 4 is 133 Å². The zero-order chi connectivity index (χ0) is 79.8. The van der Waals surface area contributed by atoms with Gasteiger partial charge in [-0.2, -0.15) is 21.0 Å². The predicted molar refractivity (Wildman–Crippen MR) is 469 cm³/mol. The van der Waals surface area contributed by atoms with Crippen LogP contribution in [0.1, 0.15) is 245 Å². The van der Waals surface area contributed by atoms with Gasteiger partial charge in [-0.3, -0.25) is 13.9 Å². The zero-order valence-electron chi connectivity index (χ0n) is 68.1. The summed E-state index contributed by atoms with van der Waals surface area (Å²) in [7, 11) is -7.57. The van der Waals surface area contributed by atoms with Crippen LogP contribution in [-0.2, 0) is 80.4 Å². The van der Waals surface area contributed by atoms with Gasteiger partial charge < -0.3 is 35.3 Å². The number of nitrogens with two attached hydrogens (primary N) is 1. The Hall–Kier alpha value is -2.13. The van der Waals surface area contributed by atoms with Crippen molar-refractivity contribution in [3.63, 3.8) is 0 Å². The van der Waals surface area contributed by atoms with Crippen molar-refractivity contribution in [2.24, 2.45) is 5.73 Å². The molecule has 0 radical (unpaired) electrons. The van der Waals surface area contributed by atoms with Gasteiger partial charge in [0.05, 0.1) is 12.4 Å². The Morgan fingerprint density at radius 1 is 0.449 bits per heavy atom. The molecule has 0 bridgehead atoms. The van der Waals surface area contributed by atoms with Crippen molar-refractivity contribution in [2.45, 2.75) is 285 Å². The fourth-order valence-corrected chi connectivity index (χ4v) is 20.9. The minimum atomic E-state index is -3.79. The van der Waals surface area contributed by atoms with Crippen molar-refractivity contribution < 1.29 is 81.4 Å². The number of carboxylic acids is 1. The summed E-state index contributed by atoms with van der Waals surface area (Å²) in [5.74, 6) is -0.0552. The zero-order valence-corrected chi connectivity index (χ0v) is 79.3. The van der Waals surface area contributed by atoms with Crippen molar-refractivity contribution in [1.29, 1.82) is 0 Å². The first kappa shape index (κ1) is 105. The maximum atomic E-state index is 10.6. The van der Waals surface area contributed by atoms with Gasteiger partial charge in [0.1, 0.15) is 0 Å². The van der Waals surface area contributed by atoms with Crippen LogP contribution in [0.4, 0.5) is 0 Å². The Labute approximate surface area is 706 Å². The van der Waals surface area contributed by atoms with Gasteiger partial charge in [-0.05, 0) is 370 Å². The van der Waals surface area contributed by atoms with E-state index in [-0.39, 0.29) is 47.9 Å². The Bertz CT molecular complexity index is 3610. The topological polar surface area (TPSA) is 225 Å². The fraction of sp³-hybridized carbons (Fsp3) is 0.590. The molecule has 0 aliphatic heterocycles. The van der Waals surface area contributed by atoms with E-state index in [4.69, 9.17) is 25.2 Å². The van der Waals surface area contributed by atoms with Crippen LogP contribution in [-0.4, -0.2) is 77.7 Å². The van der Waals surface area contributed by atoms with Gasteiger partial charge in [-0.25, -0.2) is 0 Å². The summed E-state index contributed by atoms with van der Waals surface area (Å²) in [6, 6.07) is 18.0. The number of aryl methyl sites for hydroxylation is 24. The summed E-state index contributed by atoms with van der Waals surface area (Å²) in [5, 5.41) is 18.8. The molecule has 12 nitrogen and oxygen atoms in total. The second kappa shape index (κ2) is 60.4. The molecule has 6 N–H and O–H groups in total. The molecule has 0 aromatic carbocycles. The number of hydrogen-bond acceptors (Lipinski definition) is 18. The molecule has 0 amide bonds. The fourth-order valence-electron chi connectivity index (χ4n) is 11.7. The van der Waals surface area contributed by atoms with E-state index in [1.165, 1.54) is 169 Å². The molecule has 8 aromatic heterocycles. The van der Waals surface area contributed by atoms with Crippen molar-refractivity contribution in [3.05, 3.63) is 171 Å². The monoisotopic (exact) mass is 1690 g/mol. The van der Waals surface area contributed by atoms with Crippen LogP contribution >= 0.6 is 111 Å². The summed E-state index contributed by atoms with van der Waals surface area (Å²) in [5.41, 5.74) is 17.0. The van der Waals surface area contributed by atoms with Gasteiger partial charge in [0.2, 0.25) is 0 Å². The van der Waals surface area contributed by atoms with Gasteiger partial charge >= 0.3 is 37.2 Å². The summed E-state index contributed by atoms with van der Waals surface area (Å²) in [6.07, 6.45) is 26.4. The molecule has 8 aromatic rings. The number of ether oxygens (including phenoxy) is 1. The van der Waals surface area contributed by atoms with E-state index >= 15 is 0 Å².